The van der Waals surface area contributed by atoms with Crippen LogP contribution in [0, 0.1) is 0 Å². The first-order chi connectivity index (χ1) is 11.3. The highest BCUT2D eigenvalue weighted by Crippen LogP contribution is 2.20. The van der Waals surface area contributed by atoms with Crippen LogP contribution in [-0.2, 0) is 25.9 Å². The van der Waals surface area contributed by atoms with Gasteiger partial charge in [0.2, 0.25) is 0 Å². The van der Waals surface area contributed by atoms with Crippen molar-refractivity contribution < 1.29 is 0 Å². The molecule has 1 aliphatic heterocycles. The second kappa shape index (κ2) is 6.13. The number of aryl methyl sites for hydroxylation is 1. The molecule has 4 rings (SSSR count). The molecule has 0 aliphatic carbocycles. The maximum Gasteiger partial charge on any atom is 0.128 e. The number of benzene rings is 1. The molecule has 118 valence electrons. The zero-order valence-corrected chi connectivity index (χ0v) is 13.5. The molecule has 3 heterocycles. The molecular formula is C19H22N4. The lowest BCUT2D eigenvalue weighted by Crippen LogP contribution is -2.31. The second-order valence-electron chi connectivity index (χ2n) is 6.37. The molecule has 0 unspecified atom stereocenters. The van der Waals surface area contributed by atoms with Crippen LogP contribution < -0.4 is 0 Å². The summed E-state index contributed by atoms with van der Waals surface area (Å²) in [7, 11) is 0. The number of aromatic nitrogens is 3. The van der Waals surface area contributed by atoms with Crippen molar-refractivity contribution in [2.45, 2.75) is 39.3 Å². The van der Waals surface area contributed by atoms with Gasteiger partial charge in [0, 0.05) is 44.0 Å². The number of nitrogens with zero attached hydrogens (tertiary/aromatic N) is 3. The minimum atomic E-state index is 0.928. The summed E-state index contributed by atoms with van der Waals surface area (Å²) < 4.78 is 0. The number of aromatic amines is 1. The first kappa shape index (κ1) is 14.4. The van der Waals surface area contributed by atoms with Crippen LogP contribution in [0.25, 0.3) is 10.9 Å². The molecule has 0 bridgehead atoms. The molecule has 4 nitrogen and oxygen atoms in total. The Labute approximate surface area is 136 Å². The third kappa shape index (κ3) is 2.99. The smallest absolute Gasteiger partial charge is 0.128 e. The van der Waals surface area contributed by atoms with Crippen LogP contribution in [0.3, 0.4) is 0 Å². The van der Waals surface area contributed by atoms with Crippen molar-refractivity contribution in [3.8, 4) is 0 Å². The molecule has 2 aromatic heterocycles. The van der Waals surface area contributed by atoms with Crippen LogP contribution in [0.2, 0.25) is 0 Å². The average Bonchev–Trinajstić information content (AvgIpc) is 3.02. The van der Waals surface area contributed by atoms with Gasteiger partial charge in [-0.3, -0.25) is 4.90 Å². The first-order valence-electron chi connectivity index (χ1n) is 8.44. The summed E-state index contributed by atoms with van der Waals surface area (Å²) >= 11 is 0. The Hall–Kier alpha value is -2.20. The number of nitrogens with one attached hydrogen (secondary N) is 1. The van der Waals surface area contributed by atoms with Gasteiger partial charge in [-0.2, -0.15) is 0 Å². The number of H-pyrrole nitrogens is 1. The van der Waals surface area contributed by atoms with Gasteiger partial charge in [-0.25, -0.2) is 9.97 Å². The van der Waals surface area contributed by atoms with Crippen molar-refractivity contribution in [2.24, 2.45) is 0 Å². The van der Waals surface area contributed by atoms with Crippen LogP contribution in [0.5, 0.6) is 0 Å². The third-order valence-corrected chi connectivity index (χ3v) is 4.57. The van der Waals surface area contributed by atoms with E-state index in [9.17, 15) is 0 Å². The lowest BCUT2D eigenvalue weighted by atomic mass is 10.1. The Kier molecular flexibility index (Phi) is 3.83. The maximum absolute atomic E-state index is 4.78. The van der Waals surface area contributed by atoms with Gasteiger partial charge in [0.1, 0.15) is 5.82 Å². The fourth-order valence-corrected chi connectivity index (χ4v) is 3.33. The van der Waals surface area contributed by atoms with Crippen molar-refractivity contribution in [2.75, 3.05) is 6.54 Å². The fraction of sp³-hybridized carbons (Fsp3) is 0.368. The van der Waals surface area contributed by atoms with Crippen molar-refractivity contribution in [1.29, 1.82) is 0 Å². The van der Waals surface area contributed by atoms with Crippen LogP contribution in [0.15, 0.2) is 36.7 Å². The van der Waals surface area contributed by atoms with E-state index in [-0.39, 0.29) is 0 Å². The highest BCUT2D eigenvalue weighted by molar-refractivity contribution is 5.79. The molecule has 0 saturated carbocycles. The Bertz CT molecular complexity index is 821. The van der Waals surface area contributed by atoms with Crippen LogP contribution >= 0.6 is 0 Å². The largest absolute Gasteiger partial charge is 0.361 e. The van der Waals surface area contributed by atoms with Crippen molar-refractivity contribution in [3.63, 3.8) is 0 Å². The summed E-state index contributed by atoms with van der Waals surface area (Å²) in [5, 5.41) is 1.27. The molecule has 0 spiro atoms. The van der Waals surface area contributed by atoms with E-state index in [0.29, 0.717) is 0 Å². The van der Waals surface area contributed by atoms with Gasteiger partial charge < -0.3 is 4.98 Å². The summed E-state index contributed by atoms with van der Waals surface area (Å²) in [6.07, 6.45) is 7.15. The molecule has 0 fully saturated rings. The van der Waals surface area contributed by atoms with Gasteiger partial charge in [0.15, 0.2) is 0 Å². The summed E-state index contributed by atoms with van der Waals surface area (Å²) in [5.74, 6) is 0.987. The highest BCUT2D eigenvalue weighted by atomic mass is 15.1. The molecule has 1 N–H and O–H groups in total. The van der Waals surface area contributed by atoms with E-state index in [1.807, 2.05) is 12.4 Å². The Balaban J connectivity index is 1.51. The molecular weight excluding hydrogens is 284 g/mol. The second-order valence-corrected chi connectivity index (χ2v) is 6.37. The Morgan fingerprint density at radius 2 is 2.22 bits per heavy atom. The lowest BCUT2D eigenvalue weighted by Gasteiger charge is -2.28. The van der Waals surface area contributed by atoms with Gasteiger partial charge in [-0.1, -0.05) is 19.1 Å². The fourth-order valence-electron chi connectivity index (χ4n) is 3.33. The van der Waals surface area contributed by atoms with Gasteiger partial charge in [-0.15, -0.1) is 0 Å². The van der Waals surface area contributed by atoms with Crippen molar-refractivity contribution in [3.05, 3.63) is 59.3 Å². The van der Waals surface area contributed by atoms with E-state index in [0.717, 1.165) is 44.7 Å². The predicted molar refractivity (Wildman–Crippen MR) is 92.1 cm³/mol. The van der Waals surface area contributed by atoms with E-state index in [2.05, 4.69) is 46.1 Å². The predicted octanol–water partition coefficient (Wildman–Crippen LogP) is 3.47. The number of rotatable bonds is 4. The standard InChI is InChI=1S/C19H22N4/c1-2-3-19-21-11-16-7-9-23(13-18(16)22-19)12-14-4-5-15-6-8-20-17(15)10-14/h4-6,8,10-11,20H,2-3,7,9,12-13H2,1H3. The van der Waals surface area contributed by atoms with E-state index in [1.54, 1.807) is 0 Å². The monoisotopic (exact) mass is 306 g/mol. The summed E-state index contributed by atoms with van der Waals surface area (Å²) in [4.78, 5) is 15.0. The van der Waals surface area contributed by atoms with Crippen LogP contribution in [-0.4, -0.2) is 26.4 Å². The number of hydrogen-bond acceptors (Lipinski definition) is 3. The third-order valence-electron chi connectivity index (χ3n) is 4.57. The molecule has 1 aliphatic rings. The van der Waals surface area contributed by atoms with E-state index in [4.69, 9.17) is 4.98 Å². The normalized spacial score (nSPS) is 15.0. The molecule has 23 heavy (non-hydrogen) atoms. The van der Waals surface area contributed by atoms with Crippen molar-refractivity contribution in [1.82, 2.24) is 19.9 Å². The van der Waals surface area contributed by atoms with E-state index >= 15 is 0 Å². The number of fused-ring (bicyclic) bond motifs is 2. The average molecular weight is 306 g/mol. The van der Waals surface area contributed by atoms with Crippen LogP contribution in [0.4, 0.5) is 0 Å². The van der Waals surface area contributed by atoms with Gasteiger partial charge in [0.05, 0.1) is 5.69 Å². The zero-order chi connectivity index (χ0) is 15.6. The van der Waals surface area contributed by atoms with E-state index < -0.39 is 0 Å². The zero-order valence-electron chi connectivity index (χ0n) is 13.5. The first-order valence-corrected chi connectivity index (χ1v) is 8.44. The number of hydrogen-bond donors (Lipinski definition) is 1. The molecule has 0 saturated heterocycles. The summed E-state index contributed by atoms with van der Waals surface area (Å²) in [6.45, 7) is 5.15. The van der Waals surface area contributed by atoms with E-state index in [1.165, 1.54) is 27.7 Å². The summed E-state index contributed by atoms with van der Waals surface area (Å²) in [6, 6.07) is 8.80. The molecule has 0 radical (unpaired) electrons. The highest BCUT2D eigenvalue weighted by Gasteiger charge is 2.18. The molecule has 4 heteroatoms. The van der Waals surface area contributed by atoms with Gasteiger partial charge in [-0.05, 0) is 41.5 Å². The van der Waals surface area contributed by atoms with Crippen molar-refractivity contribution >= 4 is 10.9 Å². The maximum atomic E-state index is 4.78. The van der Waals surface area contributed by atoms with Gasteiger partial charge in [0.25, 0.3) is 0 Å². The molecule has 3 aromatic rings. The summed E-state index contributed by atoms with van der Waals surface area (Å²) in [5.41, 5.74) is 5.11. The lowest BCUT2D eigenvalue weighted by molar-refractivity contribution is 0.240. The van der Waals surface area contributed by atoms with Gasteiger partial charge >= 0.3 is 0 Å². The minimum Gasteiger partial charge on any atom is -0.361 e. The quantitative estimate of drug-likeness (QED) is 0.803. The SMILES string of the molecule is CCCc1ncc2c(n1)CN(Cc1ccc3cc[nH]c3c1)CC2. The molecule has 1 aromatic carbocycles. The molecule has 0 amide bonds. The van der Waals surface area contributed by atoms with Crippen LogP contribution in [0.1, 0.15) is 36.0 Å². The minimum absolute atomic E-state index is 0.928. The Morgan fingerprint density at radius 1 is 1.26 bits per heavy atom. The molecule has 0 atom stereocenters. The Morgan fingerprint density at radius 3 is 3.13 bits per heavy atom. The topological polar surface area (TPSA) is 44.8 Å².